The topological polar surface area (TPSA) is 28.5 Å². The van der Waals surface area contributed by atoms with Crippen molar-refractivity contribution in [3.8, 4) is 0 Å². The molecule has 116 valence electrons. The third-order valence-corrected chi connectivity index (χ3v) is 5.04. The van der Waals surface area contributed by atoms with Crippen molar-refractivity contribution < 1.29 is 4.79 Å². The van der Waals surface area contributed by atoms with Gasteiger partial charge in [-0.15, -0.1) is 0 Å². The minimum absolute atomic E-state index is 0.203. The zero-order valence-corrected chi connectivity index (χ0v) is 14.5. The zero-order chi connectivity index (χ0) is 15.0. The molecule has 0 radical (unpaired) electrons. The van der Waals surface area contributed by atoms with Crippen molar-refractivity contribution in [1.82, 2.24) is 14.4 Å². The number of halogens is 1. The molecule has 3 rings (SSSR count). The average Bonchev–Trinajstić information content (AvgIpc) is 3.25. The van der Waals surface area contributed by atoms with Gasteiger partial charge in [-0.25, -0.2) is 0 Å². The van der Waals surface area contributed by atoms with Gasteiger partial charge >= 0.3 is 0 Å². The van der Waals surface area contributed by atoms with Gasteiger partial charge in [0.2, 0.25) is 0 Å². The molecule has 2 heterocycles. The first-order valence-electron chi connectivity index (χ1n) is 7.97. The van der Waals surface area contributed by atoms with Crippen molar-refractivity contribution >= 4 is 21.8 Å². The van der Waals surface area contributed by atoms with Crippen molar-refractivity contribution in [3.05, 3.63) is 22.4 Å². The predicted octanol–water partition coefficient (Wildman–Crippen LogP) is 3.14. The van der Waals surface area contributed by atoms with E-state index in [4.69, 9.17) is 0 Å². The molecule has 1 aliphatic heterocycles. The van der Waals surface area contributed by atoms with Crippen LogP contribution in [0.4, 0.5) is 0 Å². The summed E-state index contributed by atoms with van der Waals surface area (Å²) in [6, 6.07) is 2.85. The SMILES string of the molecule is CCC1CN(C)CCCN1C(=O)c1cc(Br)cn1C1CC1. The van der Waals surface area contributed by atoms with E-state index in [9.17, 15) is 4.79 Å². The number of aromatic nitrogens is 1. The van der Waals surface area contributed by atoms with Crippen LogP contribution in [0.1, 0.15) is 49.1 Å². The molecule has 1 saturated carbocycles. The Morgan fingerprint density at radius 2 is 2.14 bits per heavy atom. The lowest BCUT2D eigenvalue weighted by atomic mass is 10.1. The van der Waals surface area contributed by atoms with Gasteiger partial charge in [0.05, 0.1) is 0 Å². The predicted molar refractivity (Wildman–Crippen MR) is 87.6 cm³/mol. The average molecular weight is 354 g/mol. The summed E-state index contributed by atoms with van der Waals surface area (Å²) in [7, 11) is 2.15. The summed E-state index contributed by atoms with van der Waals surface area (Å²) in [5, 5.41) is 0. The third kappa shape index (κ3) is 3.19. The number of hydrogen-bond donors (Lipinski definition) is 0. The maximum Gasteiger partial charge on any atom is 0.270 e. The van der Waals surface area contributed by atoms with E-state index in [1.165, 1.54) is 12.8 Å². The van der Waals surface area contributed by atoms with E-state index in [2.05, 4.69) is 50.5 Å². The van der Waals surface area contributed by atoms with Crippen molar-refractivity contribution in [2.24, 2.45) is 0 Å². The number of amides is 1. The molecular formula is C16H24BrN3O. The highest BCUT2D eigenvalue weighted by atomic mass is 79.9. The van der Waals surface area contributed by atoms with E-state index in [0.717, 1.165) is 42.6 Å². The number of carbonyl (C=O) groups is 1. The smallest absolute Gasteiger partial charge is 0.270 e. The highest BCUT2D eigenvalue weighted by Crippen LogP contribution is 2.38. The summed E-state index contributed by atoms with van der Waals surface area (Å²) in [4.78, 5) is 17.5. The Morgan fingerprint density at radius 1 is 1.38 bits per heavy atom. The summed E-state index contributed by atoms with van der Waals surface area (Å²) in [6.45, 7) is 5.11. The molecule has 4 nitrogen and oxygen atoms in total. The Kier molecular flexibility index (Phi) is 4.41. The Bertz CT molecular complexity index is 524. The van der Waals surface area contributed by atoms with E-state index >= 15 is 0 Å². The fourth-order valence-electron chi connectivity index (χ4n) is 3.28. The van der Waals surface area contributed by atoms with E-state index in [-0.39, 0.29) is 5.91 Å². The van der Waals surface area contributed by atoms with Gasteiger partial charge in [0.25, 0.3) is 5.91 Å². The van der Waals surface area contributed by atoms with Crippen molar-refractivity contribution in [3.63, 3.8) is 0 Å². The molecule has 0 N–H and O–H groups in total. The minimum Gasteiger partial charge on any atom is -0.339 e. The van der Waals surface area contributed by atoms with Crippen molar-refractivity contribution in [2.75, 3.05) is 26.7 Å². The van der Waals surface area contributed by atoms with Crippen LogP contribution in [0.2, 0.25) is 0 Å². The van der Waals surface area contributed by atoms with Crippen LogP contribution >= 0.6 is 15.9 Å². The molecule has 2 aliphatic rings. The van der Waals surface area contributed by atoms with Crippen LogP contribution < -0.4 is 0 Å². The lowest BCUT2D eigenvalue weighted by Gasteiger charge is -2.30. The Hall–Kier alpha value is -0.810. The molecule has 0 bridgehead atoms. The van der Waals surface area contributed by atoms with Crippen molar-refractivity contribution in [1.29, 1.82) is 0 Å². The quantitative estimate of drug-likeness (QED) is 0.834. The molecule has 1 amide bonds. The second kappa shape index (κ2) is 6.13. The Labute approximate surface area is 135 Å². The van der Waals surface area contributed by atoms with E-state index in [1.54, 1.807) is 0 Å². The zero-order valence-electron chi connectivity index (χ0n) is 12.9. The highest BCUT2D eigenvalue weighted by molar-refractivity contribution is 9.10. The molecule has 1 aromatic rings. The molecule has 1 unspecified atom stereocenters. The van der Waals surface area contributed by atoms with Crippen LogP contribution in [0.3, 0.4) is 0 Å². The molecule has 1 saturated heterocycles. The highest BCUT2D eigenvalue weighted by Gasteiger charge is 2.32. The molecule has 21 heavy (non-hydrogen) atoms. The largest absolute Gasteiger partial charge is 0.339 e. The molecule has 1 atom stereocenters. The van der Waals surface area contributed by atoms with Gasteiger partial charge < -0.3 is 14.4 Å². The van der Waals surface area contributed by atoms with Gasteiger partial charge in [-0.2, -0.15) is 0 Å². The second-order valence-electron chi connectivity index (χ2n) is 6.36. The number of nitrogens with zero attached hydrogens (tertiary/aromatic N) is 3. The maximum atomic E-state index is 13.1. The minimum atomic E-state index is 0.203. The molecule has 1 aromatic heterocycles. The second-order valence-corrected chi connectivity index (χ2v) is 7.27. The third-order valence-electron chi connectivity index (χ3n) is 4.61. The fourth-order valence-corrected chi connectivity index (χ4v) is 3.72. The summed E-state index contributed by atoms with van der Waals surface area (Å²) < 4.78 is 3.19. The van der Waals surface area contributed by atoms with Gasteiger partial charge in [-0.3, -0.25) is 4.79 Å². The fraction of sp³-hybridized carbons (Fsp3) is 0.688. The standard InChI is InChI=1S/C16H24BrN3O/c1-3-13-11-18(2)7-4-8-19(13)16(21)15-9-12(17)10-20(15)14-5-6-14/h9-10,13-14H,3-8,11H2,1-2H3. The van der Waals surface area contributed by atoms with Gasteiger partial charge in [-0.1, -0.05) is 6.92 Å². The van der Waals surface area contributed by atoms with E-state index < -0.39 is 0 Å². The van der Waals surface area contributed by atoms with E-state index in [0.29, 0.717) is 12.1 Å². The van der Waals surface area contributed by atoms with Gasteiger partial charge in [0.15, 0.2) is 0 Å². The maximum absolute atomic E-state index is 13.1. The first-order valence-corrected chi connectivity index (χ1v) is 8.76. The summed E-state index contributed by atoms with van der Waals surface area (Å²) in [6.07, 6.45) is 6.53. The first kappa shape index (κ1) is 15.1. The monoisotopic (exact) mass is 353 g/mol. The number of rotatable bonds is 3. The lowest BCUT2D eigenvalue weighted by Crippen LogP contribution is -2.44. The number of likely N-dealkylation sites (N-methyl/N-ethyl adjacent to an activating group) is 1. The van der Waals surface area contributed by atoms with Crippen LogP contribution in [0.5, 0.6) is 0 Å². The summed E-state index contributed by atoms with van der Waals surface area (Å²) in [5.41, 5.74) is 0.854. The molecule has 5 heteroatoms. The lowest BCUT2D eigenvalue weighted by molar-refractivity contribution is 0.0664. The van der Waals surface area contributed by atoms with Crippen molar-refractivity contribution in [2.45, 2.75) is 44.7 Å². The van der Waals surface area contributed by atoms with E-state index in [1.807, 2.05) is 6.07 Å². The van der Waals surface area contributed by atoms with Crippen LogP contribution in [0.15, 0.2) is 16.7 Å². The number of carbonyl (C=O) groups excluding carboxylic acids is 1. The van der Waals surface area contributed by atoms with Crippen LogP contribution in [0.25, 0.3) is 0 Å². The molecule has 1 aliphatic carbocycles. The van der Waals surface area contributed by atoms with Crippen LogP contribution in [0, 0.1) is 0 Å². The number of hydrogen-bond acceptors (Lipinski definition) is 2. The summed E-state index contributed by atoms with van der Waals surface area (Å²) in [5.74, 6) is 0.203. The van der Waals surface area contributed by atoms with Gasteiger partial charge in [0.1, 0.15) is 5.69 Å². The Balaban J connectivity index is 1.85. The van der Waals surface area contributed by atoms with Crippen LogP contribution in [-0.4, -0.2) is 53.0 Å². The molecule has 0 aromatic carbocycles. The van der Waals surface area contributed by atoms with Gasteiger partial charge in [-0.05, 0) is 61.3 Å². The van der Waals surface area contributed by atoms with Gasteiger partial charge in [0, 0.05) is 35.8 Å². The normalized spacial score (nSPS) is 24.1. The Morgan fingerprint density at radius 3 is 2.81 bits per heavy atom. The van der Waals surface area contributed by atoms with Crippen LogP contribution in [-0.2, 0) is 0 Å². The summed E-state index contributed by atoms with van der Waals surface area (Å²) >= 11 is 3.53. The molecule has 2 fully saturated rings. The first-order chi connectivity index (χ1) is 10.1. The molecular weight excluding hydrogens is 330 g/mol. The molecule has 0 spiro atoms.